The normalized spacial score (nSPS) is 18.3. The lowest BCUT2D eigenvalue weighted by Crippen LogP contribution is -2.70. The van der Waals surface area contributed by atoms with E-state index in [9.17, 15) is 19.2 Å². The zero-order valence-electron chi connectivity index (χ0n) is 22.7. The van der Waals surface area contributed by atoms with Gasteiger partial charge in [0.05, 0.1) is 12.6 Å². The predicted octanol–water partition coefficient (Wildman–Crippen LogP) is 1.22. The van der Waals surface area contributed by atoms with Gasteiger partial charge in [-0.05, 0) is 48.5 Å². The van der Waals surface area contributed by atoms with Crippen LogP contribution in [0.5, 0.6) is 0 Å². The Morgan fingerprint density at radius 1 is 1.18 bits per heavy atom. The average molecular weight is 565 g/mol. The van der Waals surface area contributed by atoms with Crippen molar-refractivity contribution < 1.29 is 33.5 Å². The number of carbonyl (C=O) groups is 4. The number of ether oxygens (including phenoxy) is 2. The van der Waals surface area contributed by atoms with Gasteiger partial charge in [-0.15, -0.1) is 11.3 Å². The molecule has 0 bridgehead atoms. The molecule has 0 unspecified atom stereocenters. The number of anilines is 1. The number of β-lactam (4-membered cyclic amide) rings is 1. The van der Waals surface area contributed by atoms with Crippen molar-refractivity contribution in [3.8, 4) is 0 Å². The largest absolute Gasteiger partial charge is 0.457 e. The third-order valence-electron chi connectivity index (χ3n) is 4.76. The van der Waals surface area contributed by atoms with Gasteiger partial charge in [0.25, 0.3) is 5.91 Å². The molecule has 0 aromatic carbocycles. The lowest BCUT2D eigenvalue weighted by atomic mass is 9.98. The van der Waals surface area contributed by atoms with E-state index in [2.05, 4.69) is 36.2 Å². The minimum atomic E-state index is -1.16. The number of carbonyl (C=O) groups excluding carboxylic acids is 4. The van der Waals surface area contributed by atoms with Gasteiger partial charge in [0.2, 0.25) is 12.0 Å². The number of oxime groups is 1. The van der Waals surface area contributed by atoms with Gasteiger partial charge in [-0.1, -0.05) is 5.16 Å². The van der Waals surface area contributed by atoms with Crippen LogP contribution in [0, 0.1) is 0 Å². The van der Waals surface area contributed by atoms with Crippen LogP contribution in [-0.4, -0.2) is 78.7 Å². The fraction of sp³-hybridized carbons (Fsp3) is 0.565. The fourth-order valence-electron chi connectivity index (χ4n) is 3.09. The number of hydrogen-bond acceptors (Lipinski definition) is 12. The Balaban J connectivity index is 1.78. The first-order valence-electron chi connectivity index (χ1n) is 12.0. The minimum absolute atomic E-state index is 0.0347. The maximum atomic E-state index is 13.3. The molecule has 3 N–H and O–H groups in total. The summed E-state index contributed by atoms with van der Waals surface area (Å²) in [5.41, 5.74) is -1.77. The molecule has 1 aliphatic rings. The zero-order valence-corrected chi connectivity index (χ0v) is 23.5. The summed E-state index contributed by atoms with van der Waals surface area (Å²) in [7, 11) is 0. The molecule has 15 nitrogen and oxygen atoms in total. The van der Waals surface area contributed by atoms with Crippen LogP contribution < -0.4 is 16.0 Å². The Hall–Kier alpha value is -4.08. The first kappa shape index (κ1) is 29.5. The summed E-state index contributed by atoms with van der Waals surface area (Å²) < 4.78 is 12.0. The standard InChI is InChI=1S/C23H32N8O7S/c1-12(19(34)36-22(2,3)4)38-30-16(14-9-39-20(27-14)29-21(35)37-23(5,6)7)18(33)28-15-13(26-17(15)32)8-31-11-24-10-25-31/h9-13,15H,8H2,1-7H3,(H,26,32)(H,28,33)(H,27,29,35)/t12-,13+,15-/m0/s1. The third-order valence-corrected chi connectivity index (χ3v) is 5.52. The van der Waals surface area contributed by atoms with Crippen LogP contribution in [0.4, 0.5) is 9.93 Å². The van der Waals surface area contributed by atoms with E-state index in [1.165, 1.54) is 29.6 Å². The number of nitrogens with zero attached hydrogens (tertiary/aromatic N) is 5. The molecule has 212 valence electrons. The predicted molar refractivity (Wildman–Crippen MR) is 139 cm³/mol. The number of hydrogen-bond donors (Lipinski definition) is 3. The van der Waals surface area contributed by atoms with Gasteiger partial charge in [0, 0.05) is 5.38 Å². The summed E-state index contributed by atoms with van der Waals surface area (Å²) in [6.07, 6.45) is 0.948. The lowest BCUT2D eigenvalue weighted by Gasteiger charge is -2.36. The molecule has 3 heterocycles. The minimum Gasteiger partial charge on any atom is -0.457 e. The zero-order chi connectivity index (χ0) is 29.0. The van der Waals surface area contributed by atoms with Crippen molar-refractivity contribution in [3.63, 3.8) is 0 Å². The van der Waals surface area contributed by atoms with Crippen molar-refractivity contribution >= 4 is 46.1 Å². The Morgan fingerprint density at radius 3 is 2.46 bits per heavy atom. The van der Waals surface area contributed by atoms with Crippen molar-refractivity contribution in [1.29, 1.82) is 0 Å². The maximum absolute atomic E-state index is 13.3. The van der Waals surface area contributed by atoms with E-state index in [-0.39, 0.29) is 23.1 Å². The van der Waals surface area contributed by atoms with Crippen LogP contribution in [-0.2, 0) is 35.2 Å². The molecule has 16 heteroatoms. The van der Waals surface area contributed by atoms with Crippen molar-refractivity contribution in [2.45, 2.75) is 84.4 Å². The number of aromatic nitrogens is 4. The molecule has 1 aliphatic heterocycles. The molecular weight excluding hydrogens is 532 g/mol. The maximum Gasteiger partial charge on any atom is 0.413 e. The molecule has 3 atom stereocenters. The van der Waals surface area contributed by atoms with E-state index in [1.807, 2.05) is 0 Å². The van der Waals surface area contributed by atoms with Crippen molar-refractivity contribution in [2.75, 3.05) is 5.32 Å². The van der Waals surface area contributed by atoms with E-state index in [0.29, 0.717) is 0 Å². The molecule has 2 aromatic heterocycles. The van der Waals surface area contributed by atoms with E-state index < -0.39 is 53.3 Å². The molecular formula is C23H32N8O7S. The number of thiazole rings is 1. The van der Waals surface area contributed by atoms with Crippen LogP contribution in [0.3, 0.4) is 0 Å². The van der Waals surface area contributed by atoms with E-state index >= 15 is 0 Å². The SMILES string of the molecule is C[C@H](ON=C(C(=O)N[C@@H]1C(=O)N[C@@H]1Cn1cncn1)c1csc(NC(=O)OC(C)(C)C)n1)C(=O)OC(C)(C)C. The smallest absolute Gasteiger partial charge is 0.413 e. The van der Waals surface area contributed by atoms with Crippen LogP contribution in [0.2, 0.25) is 0 Å². The van der Waals surface area contributed by atoms with Gasteiger partial charge < -0.3 is 24.9 Å². The number of amides is 3. The first-order valence-corrected chi connectivity index (χ1v) is 12.9. The second kappa shape index (κ2) is 11.8. The Labute approximate surface area is 228 Å². The average Bonchev–Trinajstić information content (AvgIpc) is 3.47. The van der Waals surface area contributed by atoms with E-state index in [4.69, 9.17) is 14.3 Å². The molecule has 3 rings (SSSR count). The van der Waals surface area contributed by atoms with Crippen molar-refractivity contribution in [2.24, 2.45) is 5.16 Å². The van der Waals surface area contributed by atoms with Crippen LogP contribution in [0.25, 0.3) is 0 Å². The highest BCUT2D eigenvalue weighted by molar-refractivity contribution is 7.14. The second-order valence-corrected chi connectivity index (χ2v) is 11.4. The molecule has 2 aromatic rings. The molecule has 0 radical (unpaired) electrons. The lowest BCUT2D eigenvalue weighted by molar-refractivity contribution is -0.167. The Kier molecular flexibility index (Phi) is 8.88. The Morgan fingerprint density at radius 2 is 1.87 bits per heavy atom. The number of esters is 1. The number of nitrogens with one attached hydrogen (secondary N) is 3. The molecule has 1 saturated heterocycles. The molecule has 0 spiro atoms. The molecule has 39 heavy (non-hydrogen) atoms. The van der Waals surface area contributed by atoms with Crippen LogP contribution in [0.15, 0.2) is 23.2 Å². The highest BCUT2D eigenvalue weighted by Crippen LogP contribution is 2.19. The van der Waals surface area contributed by atoms with Gasteiger partial charge in [-0.25, -0.2) is 19.6 Å². The summed E-state index contributed by atoms with van der Waals surface area (Å²) in [6.45, 7) is 11.9. The quantitative estimate of drug-likeness (QED) is 0.173. The highest BCUT2D eigenvalue weighted by Gasteiger charge is 2.41. The van der Waals surface area contributed by atoms with E-state index in [1.54, 1.807) is 41.5 Å². The molecule has 0 aliphatic carbocycles. The second-order valence-electron chi connectivity index (χ2n) is 10.6. The first-order chi connectivity index (χ1) is 18.1. The van der Waals surface area contributed by atoms with Gasteiger partial charge in [-0.3, -0.25) is 19.6 Å². The fourth-order valence-corrected chi connectivity index (χ4v) is 3.77. The van der Waals surface area contributed by atoms with Gasteiger partial charge >= 0.3 is 12.1 Å². The van der Waals surface area contributed by atoms with E-state index in [0.717, 1.165) is 11.3 Å². The van der Waals surface area contributed by atoms with Gasteiger partial charge in [-0.2, -0.15) is 5.10 Å². The topological polar surface area (TPSA) is 188 Å². The summed E-state index contributed by atoms with van der Waals surface area (Å²) in [5, 5.41) is 17.3. The monoisotopic (exact) mass is 564 g/mol. The molecule has 1 fully saturated rings. The summed E-state index contributed by atoms with van der Waals surface area (Å²) in [6, 6.07) is -1.35. The van der Waals surface area contributed by atoms with Crippen molar-refractivity contribution in [3.05, 3.63) is 23.7 Å². The molecule has 0 saturated carbocycles. The van der Waals surface area contributed by atoms with Gasteiger partial charge in [0.1, 0.15) is 35.6 Å². The summed E-state index contributed by atoms with van der Waals surface area (Å²) >= 11 is 1.01. The van der Waals surface area contributed by atoms with Crippen LogP contribution >= 0.6 is 11.3 Å². The van der Waals surface area contributed by atoms with Crippen LogP contribution in [0.1, 0.15) is 54.2 Å². The third kappa shape index (κ3) is 8.73. The Bertz CT molecular complexity index is 1230. The van der Waals surface area contributed by atoms with Gasteiger partial charge in [0.15, 0.2) is 10.8 Å². The number of rotatable bonds is 9. The highest BCUT2D eigenvalue weighted by atomic mass is 32.1. The molecule has 3 amide bonds. The summed E-state index contributed by atoms with van der Waals surface area (Å²) in [4.78, 5) is 63.3. The summed E-state index contributed by atoms with van der Waals surface area (Å²) in [5.74, 6) is -1.88. The van der Waals surface area contributed by atoms with Crippen molar-refractivity contribution in [1.82, 2.24) is 30.4 Å².